The molecule has 0 spiro atoms. The number of hydrogen-bond acceptors (Lipinski definition) is 4. The molecule has 1 fully saturated rings. The summed E-state index contributed by atoms with van der Waals surface area (Å²) in [4.78, 5) is 16.1. The molecule has 2 atom stereocenters. The Kier molecular flexibility index (Phi) is 4.94. The maximum Gasteiger partial charge on any atom is 0.244 e. The Morgan fingerprint density at radius 3 is 2.96 bits per heavy atom. The largest absolute Gasteiger partial charge is 0.343 e. The molecule has 1 saturated heterocycles. The molecule has 2 aromatic heterocycles. The third-order valence-electron chi connectivity index (χ3n) is 4.39. The highest BCUT2D eigenvalue weighted by molar-refractivity contribution is 5.75. The van der Waals surface area contributed by atoms with Crippen molar-refractivity contribution in [3.8, 4) is 0 Å². The number of halogens is 1. The number of amides is 1. The smallest absolute Gasteiger partial charge is 0.244 e. The Bertz CT molecular complexity index is 670. The van der Waals surface area contributed by atoms with Gasteiger partial charge in [-0.2, -0.15) is 10.2 Å². The highest BCUT2D eigenvalue weighted by Gasteiger charge is 2.33. The Hall–Kier alpha value is -2.22. The van der Waals surface area contributed by atoms with E-state index in [2.05, 4.69) is 15.1 Å². The summed E-state index contributed by atoms with van der Waals surface area (Å²) in [6, 6.07) is 1.81. The van der Waals surface area contributed by atoms with E-state index in [1.807, 2.05) is 13.2 Å². The van der Waals surface area contributed by atoms with Gasteiger partial charge in [-0.3, -0.25) is 19.1 Å². The molecule has 7 nitrogen and oxygen atoms in total. The molecule has 0 aromatic carbocycles. The molecular formula is C16H23FN6O. The molecule has 1 amide bonds. The van der Waals surface area contributed by atoms with Crippen LogP contribution in [-0.4, -0.2) is 67.6 Å². The molecule has 0 bridgehead atoms. The molecular weight excluding hydrogens is 311 g/mol. The van der Waals surface area contributed by atoms with Gasteiger partial charge in [-0.15, -0.1) is 0 Å². The van der Waals surface area contributed by atoms with Crippen molar-refractivity contribution in [1.82, 2.24) is 29.4 Å². The van der Waals surface area contributed by atoms with E-state index in [4.69, 9.17) is 0 Å². The van der Waals surface area contributed by atoms with Crippen molar-refractivity contribution in [1.29, 1.82) is 0 Å². The summed E-state index contributed by atoms with van der Waals surface area (Å²) < 4.78 is 17.2. The van der Waals surface area contributed by atoms with Crippen molar-refractivity contribution >= 4 is 5.91 Å². The van der Waals surface area contributed by atoms with Crippen molar-refractivity contribution in [3.05, 3.63) is 36.4 Å². The number of likely N-dealkylation sites (tertiary alicyclic amines) is 1. The van der Waals surface area contributed by atoms with Crippen LogP contribution in [0.4, 0.5) is 4.39 Å². The fraction of sp³-hybridized carbons (Fsp3) is 0.562. The van der Waals surface area contributed by atoms with Gasteiger partial charge >= 0.3 is 0 Å². The number of carbonyl (C=O) groups is 1. The van der Waals surface area contributed by atoms with Gasteiger partial charge in [0.1, 0.15) is 12.7 Å². The normalized spacial score (nSPS) is 21.3. The van der Waals surface area contributed by atoms with Gasteiger partial charge in [0.05, 0.1) is 6.20 Å². The second kappa shape index (κ2) is 7.12. The number of aromatic nitrogens is 4. The van der Waals surface area contributed by atoms with Crippen molar-refractivity contribution < 1.29 is 9.18 Å². The van der Waals surface area contributed by atoms with Crippen LogP contribution in [-0.2, 0) is 24.9 Å². The summed E-state index contributed by atoms with van der Waals surface area (Å²) in [5.74, 6) is -0.0256. The van der Waals surface area contributed by atoms with Gasteiger partial charge in [-0.1, -0.05) is 0 Å². The lowest BCUT2D eigenvalue weighted by molar-refractivity contribution is -0.131. The molecule has 1 aliphatic rings. The van der Waals surface area contributed by atoms with E-state index in [-0.39, 0.29) is 18.5 Å². The molecule has 0 aliphatic carbocycles. The van der Waals surface area contributed by atoms with Gasteiger partial charge in [-0.25, -0.2) is 4.39 Å². The quantitative estimate of drug-likeness (QED) is 0.780. The lowest BCUT2D eigenvalue weighted by atomic mass is 10.2. The van der Waals surface area contributed by atoms with E-state index in [1.165, 1.54) is 0 Å². The minimum Gasteiger partial charge on any atom is -0.343 e. The van der Waals surface area contributed by atoms with Crippen molar-refractivity contribution in [3.63, 3.8) is 0 Å². The molecule has 3 heterocycles. The van der Waals surface area contributed by atoms with Crippen LogP contribution in [0.2, 0.25) is 0 Å². The highest BCUT2D eigenvalue weighted by atomic mass is 19.1. The summed E-state index contributed by atoms with van der Waals surface area (Å²) in [7, 11) is 3.63. The average Bonchev–Trinajstić information content (AvgIpc) is 3.23. The predicted octanol–water partition coefficient (Wildman–Crippen LogP) is 0.688. The van der Waals surface area contributed by atoms with Crippen molar-refractivity contribution in [2.45, 2.75) is 31.7 Å². The Labute approximate surface area is 140 Å². The summed E-state index contributed by atoms with van der Waals surface area (Å²) >= 11 is 0. The van der Waals surface area contributed by atoms with Crippen LogP contribution in [0, 0.1) is 0 Å². The van der Waals surface area contributed by atoms with Gasteiger partial charge in [0, 0.05) is 63.9 Å². The van der Waals surface area contributed by atoms with Crippen molar-refractivity contribution in [2.24, 2.45) is 7.05 Å². The number of aryl methyl sites for hydroxylation is 1. The first-order chi connectivity index (χ1) is 11.5. The second-order valence-corrected chi connectivity index (χ2v) is 6.42. The SMILES string of the molecule is CN(C[C@@H]1C[C@H](F)CN1Cc1cnn(C)c1)C(=O)Cn1cccn1. The zero-order chi connectivity index (χ0) is 17.1. The van der Waals surface area contributed by atoms with Crippen LogP contribution in [0.15, 0.2) is 30.9 Å². The number of carbonyl (C=O) groups excluding carboxylic acids is 1. The Balaban J connectivity index is 1.58. The zero-order valence-corrected chi connectivity index (χ0v) is 14.0. The maximum atomic E-state index is 13.9. The van der Waals surface area contributed by atoms with Gasteiger partial charge in [-0.05, 0) is 12.5 Å². The number of nitrogens with zero attached hydrogens (tertiary/aromatic N) is 6. The Morgan fingerprint density at radius 2 is 2.29 bits per heavy atom. The molecule has 2 aromatic rings. The van der Waals surface area contributed by atoms with Crippen LogP contribution in [0.3, 0.4) is 0 Å². The maximum absolute atomic E-state index is 13.9. The van der Waals surface area contributed by atoms with Gasteiger partial charge < -0.3 is 4.90 Å². The highest BCUT2D eigenvalue weighted by Crippen LogP contribution is 2.23. The summed E-state index contributed by atoms with van der Waals surface area (Å²) in [6.07, 6.45) is 6.76. The first kappa shape index (κ1) is 16.6. The van der Waals surface area contributed by atoms with Crippen molar-refractivity contribution in [2.75, 3.05) is 20.1 Å². The van der Waals surface area contributed by atoms with Crippen LogP contribution >= 0.6 is 0 Å². The Morgan fingerprint density at radius 1 is 1.46 bits per heavy atom. The average molecular weight is 334 g/mol. The van der Waals surface area contributed by atoms with Crippen LogP contribution in [0.1, 0.15) is 12.0 Å². The molecule has 0 unspecified atom stereocenters. The van der Waals surface area contributed by atoms with Crippen LogP contribution in [0.25, 0.3) is 0 Å². The molecule has 0 saturated carbocycles. The molecule has 8 heteroatoms. The third-order valence-corrected chi connectivity index (χ3v) is 4.39. The molecule has 1 aliphatic heterocycles. The first-order valence-electron chi connectivity index (χ1n) is 8.08. The van der Waals surface area contributed by atoms with Gasteiger partial charge in [0.25, 0.3) is 0 Å². The number of rotatable bonds is 6. The van der Waals surface area contributed by atoms with E-state index in [0.29, 0.717) is 26.1 Å². The fourth-order valence-corrected chi connectivity index (χ4v) is 3.17. The minimum atomic E-state index is -0.846. The molecule has 3 rings (SSSR count). The number of likely N-dealkylation sites (N-methyl/N-ethyl adjacent to an activating group) is 1. The monoisotopic (exact) mass is 334 g/mol. The third kappa shape index (κ3) is 4.00. The standard InChI is InChI=1S/C16H23FN6O/c1-20(16(24)12-23-5-3-4-18-23)11-15-6-14(17)10-22(15)9-13-7-19-21(2)8-13/h3-5,7-8,14-15H,6,9-12H2,1-2H3/t14-,15-/m0/s1. The van der Waals surface area contributed by atoms with Crippen LogP contribution < -0.4 is 0 Å². The predicted molar refractivity (Wildman–Crippen MR) is 86.8 cm³/mol. The summed E-state index contributed by atoms with van der Waals surface area (Å²) in [5.41, 5.74) is 1.06. The molecule has 130 valence electrons. The summed E-state index contributed by atoms with van der Waals surface area (Å²) in [6.45, 7) is 1.78. The van der Waals surface area contributed by atoms with E-state index in [9.17, 15) is 9.18 Å². The lowest BCUT2D eigenvalue weighted by Crippen LogP contribution is -2.42. The fourth-order valence-electron chi connectivity index (χ4n) is 3.17. The molecule has 24 heavy (non-hydrogen) atoms. The topological polar surface area (TPSA) is 59.2 Å². The van der Waals surface area contributed by atoms with E-state index >= 15 is 0 Å². The summed E-state index contributed by atoms with van der Waals surface area (Å²) in [5, 5.41) is 8.20. The zero-order valence-electron chi connectivity index (χ0n) is 14.0. The minimum absolute atomic E-state index is 0.0202. The number of alkyl halides is 1. The second-order valence-electron chi connectivity index (χ2n) is 6.42. The lowest BCUT2D eigenvalue weighted by Gasteiger charge is -2.28. The molecule has 0 radical (unpaired) electrons. The first-order valence-corrected chi connectivity index (χ1v) is 8.08. The van der Waals surface area contributed by atoms with Gasteiger partial charge in [0.2, 0.25) is 5.91 Å². The van der Waals surface area contributed by atoms with Crippen LogP contribution in [0.5, 0.6) is 0 Å². The molecule has 0 N–H and O–H groups in total. The van der Waals surface area contributed by atoms with E-state index in [0.717, 1.165) is 5.56 Å². The van der Waals surface area contributed by atoms with E-state index < -0.39 is 6.17 Å². The van der Waals surface area contributed by atoms with E-state index in [1.54, 1.807) is 46.0 Å². The number of hydrogen-bond donors (Lipinski definition) is 0. The van der Waals surface area contributed by atoms with Gasteiger partial charge in [0.15, 0.2) is 0 Å².